The number of carbonyl (C=O) groups is 3. The summed E-state index contributed by atoms with van der Waals surface area (Å²) >= 11 is 0. The van der Waals surface area contributed by atoms with Gasteiger partial charge in [0.25, 0.3) is 0 Å². The molecule has 0 bridgehead atoms. The van der Waals surface area contributed by atoms with Crippen LogP contribution < -0.4 is 0 Å². The van der Waals surface area contributed by atoms with E-state index in [0.717, 1.165) is 17.7 Å². The first-order valence-corrected chi connectivity index (χ1v) is 7.10. The lowest BCUT2D eigenvalue weighted by Gasteiger charge is -2.28. The van der Waals surface area contributed by atoms with Crippen molar-refractivity contribution in [3.8, 4) is 0 Å². The normalized spacial score (nSPS) is 25.2. The number of rotatable bonds is 3. The highest BCUT2D eigenvalue weighted by Crippen LogP contribution is 2.19. The number of aliphatic hydroxyl groups excluding tert-OH is 1. The van der Waals surface area contributed by atoms with Gasteiger partial charge in [0.1, 0.15) is 12.6 Å². The number of urea groups is 1. The van der Waals surface area contributed by atoms with Crippen LogP contribution in [0.15, 0.2) is 0 Å². The van der Waals surface area contributed by atoms with E-state index in [9.17, 15) is 19.5 Å². The fraction of sp³-hybridized carbons (Fsp3) is 0.769. The summed E-state index contributed by atoms with van der Waals surface area (Å²) in [7, 11) is 1.47. The van der Waals surface area contributed by atoms with Crippen molar-refractivity contribution in [1.29, 1.82) is 0 Å². The van der Waals surface area contributed by atoms with Crippen LogP contribution in [0.2, 0.25) is 0 Å². The van der Waals surface area contributed by atoms with E-state index < -0.39 is 24.1 Å². The van der Waals surface area contributed by atoms with Gasteiger partial charge < -0.3 is 24.9 Å². The molecule has 21 heavy (non-hydrogen) atoms. The van der Waals surface area contributed by atoms with E-state index in [2.05, 4.69) is 0 Å². The first-order valence-electron chi connectivity index (χ1n) is 7.10. The first kappa shape index (κ1) is 15.6. The molecule has 2 rings (SSSR count). The molecule has 0 aliphatic carbocycles. The highest BCUT2D eigenvalue weighted by atomic mass is 16.4. The minimum atomic E-state index is -1.14. The van der Waals surface area contributed by atoms with Gasteiger partial charge in [-0.25, -0.2) is 9.59 Å². The summed E-state index contributed by atoms with van der Waals surface area (Å²) in [4.78, 5) is 39.4. The van der Waals surface area contributed by atoms with E-state index >= 15 is 0 Å². The molecule has 0 aromatic rings. The molecule has 0 saturated carbocycles. The van der Waals surface area contributed by atoms with Gasteiger partial charge in [-0.2, -0.15) is 0 Å². The Balaban J connectivity index is 1.94. The lowest BCUT2D eigenvalue weighted by Crippen LogP contribution is -2.49. The zero-order valence-electron chi connectivity index (χ0n) is 12.1. The van der Waals surface area contributed by atoms with Gasteiger partial charge in [0.2, 0.25) is 5.91 Å². The second-order valence-corrected chi connectivity index (χ2v) is 5.62. The minimum Gasteiger partial charge on any atom is -0.480 e. The second kappa shape index (κ2) is 6.30. The molecule has 2 aliphatic heterocycles. The van der Waals surface area contributed by atoms with E-state index in [1.165, 1.54) is 11.9 Å². The van der Waals surface area contributed by atoms with Crippen molar-refractivity contribution in [2.75, 3.05) is 33.2 Å². The number of hydrogen-bond acceptors (Lipinski definition) is 4. The van der Waals surface area contributed by atoms with Gasteiger partial charge in [0.15, 0.2) is 0 Å². The fourth-order valence-corrected chi connectivity index (χ4v) is 2.82. The third-order valence-electron chi connectivity index (χ3n) is 3.97. The average Bonchev–Trinajstić information content (AvgIpc) is 3.06. The summed E-state index contributed by atoms with van der Waals surface area (Å²) in [6.07, 6.45) is 1.14. The summed E-state index contributed by atoms with van der Waals surface area (Å²) < 4.78 is 0. The molecule has 0 spiro atoms. The Labute approximate surface area is 122 Å². The number of likely N-dealkylation sites (N-methyl/N-ethyl adjacent to an activating group) is 1. The van der Waals surface area contributed by atoms with Crippen LogP contribution in [0.25, 0.3) is 0 Å². The maximum atomic E-state index is 12.3. The molecule has 2 heterocycles. The molecule has 0 radical (unpaired) electrons. The monoisotopic (exact) mass is 299 g/mol. The van der Waals surface area contributed by atoms with Crippen molar-refractivity contribution in [2.24, 2.45) is 0 Å². The number of carbonyl (C=O) groups excluding carboxylic acids is 2. The van der Waals surface area contributed by atoms with Gasteiger partial charge in [0.05, 0.1) is 6.10 Å². The van der Waals surface area contributed by atoms with Crippen molar-refractivity contribution in [3.63, 3.8) is 0 Å². The van der Waals surface area contributed by atoms with Crippen molar-refractivity contribution < 1.29 is 24.6 Å². The van der Waals surface area contributed by atoms with E-state index in [4.69, 9.17) is 5.11 Å². The molecule has 0 aromatic carbocycles. The maximum absolute atomic E-state index is 12.3. The van der Waals surface area contributed by atoms with Crippen LogP contribution in [0.1, 0.15) is 19.3 Å². The summed E-state index contributed by atoms with van der Waals surface area (Å²) in [6, 6.07) is -1.57. The highest BCUT2D eigenvalue weighted by Gasteiger charge is 2.40. The third kappa shape index (κ3) is 3.44. The molecule has 118 valence electrons. The number of β-amino-alcohol motifs (C(OH)–C–C–N with tert-alkyl or cyclic N) is 1. The number of hydrogen-bond donors (Lipinski definition) is 2. The Morgan fingerprint density at radius 2 is 1.86 bits per heavy atom. The zero-order chi connectivity index (χ0) is 15.6. The van der Waals surface area contributed by atoms with Gasteiger partial charge in [-0.3, -0.25) is 4.79 Å². The van der Waals surface area contributed by atoms with Crippen molar-refractivity contribution >= 4 is 17.9 Å². The first-order chi connectivity index (χ1) is 9.90. The fourth-order valence-electron chi connectivity index (χ4n) is 2.82. The van der Waals surface area contributed by atoms with E-state index in [1.54, 1.807) is 4.90 Å². The quantitative estimate of drug-likeness (QED) is 0.709. The molecule has 2 aliphatic rings. The van der Waals surface area contributed by atoms with Gasteiger partial charge in [-0.15, -0.1) is 0 Å². The Morgan fingerprint density at radius 3 is 2.43 bits per heavy atom. The SMILES string of the molecule is CN(CC(=O)N1CCCC1)C(=O)N1CC(O)CC1C(=O)O. The minimum absolute atomic E-state index is 0.0158. The number of amides is 3. The number of likely N-dealkylation sites (tertiary alicyclic amines) is 2. The largest absolute Gasteiger partial charge is 0.480 e. The number of aliphatic hydroxyl groups is 1. The predicted molar refractivity (Wildman–Crippen MR) is 72.6 cm³/mol. The Bertz CT molecular complexity index is 436. The second-order valence-electron chi connectivity index (χ2n) is 5.62. The van der Waals surface area contributed by atoms with Gasteiger partial charge in [0, 0.05) is 33.1 Å². The molecule has 3 amide bonds. The lowest BCUT2D eigenvalue weighted by molar-refractivity contribution is -0.141. The van der Waals surface area contributed by atoms with Gasteiger partial charge in [-0.1, -0.05) is 0 Å². The Kier molecular flexibility index (Phi) is 4.66. The molecule has 2 N–H and O–H groups in total. The smallest absolute Gasteiger partial charge is 0.326 e. The van der Waals surface area contributed by atoms with Crippen molar-refractivity contribution in [3.05, 3.63) is 0 Å². The molecule has 2 fully saturated rings. The zero-order valence-corrected chi connectivity index (χ0v) is 12.1. The predicted octanol–water partition coefficient (Wildman–Crippen LogP) is -0.820. The molecular formula is C13H21N3O5. The summed E-state index contributed by atoms with van der Waals surface area (Å²) in [5.41, 5.74) is 0. The lowest BCUT2D eigenvalue weighted by atomic mass is 10.2. The van der Waals surface area contributed by atoms with Crippen LogP contribution in [0.4, 0.5) is 4.79 Å². The van der Waals surface area contributed by atoms with E-state index in [-0.39, 0.29) is 25.4 Å². The number of nitrogens with zero attached hydrogens (tertiary/aromatic N) is 3. The van der Waals surface area contributed by atoms with Gasteiger partial charge in [-0.05, 0) is 12.8 Å². The maximum Gasteiger partial charge on any atom is 0.326 e. The molecule has 0 aromatic heterocycles. The number of aliphatic carboxylic acids is 1. The highest BCUT2D eigenvalue weighted by molar-refractivity contribution is 5.87. The molecule has 8 heteroatoms. The Hall–Kier alpha value is -1.83. The molecular weight excluding hydrogens is 278 g/mol. The van der Waals surface area contributed by atoms with E-state index in [1.807, 2.05) is 0 Å². The third-order valence-corrected chi connectivity index (χ3v) is 3.97. The number of carboxylic acid groups (broad SMARTS) is 1. The van der Waals surface area contributed by atoms with E-state index in [0.29, 0.717) is 13.1 Å². The topological polar surface area (TPSA) is 101 Å². The summed E-state index contributed by atoms with van der Waals surface area (Å²) in [5, 5.41) is 18.6. The van der Waals surface area contributed by atoms with Gasteiger partial charge >= 0.3 is 12.0 Å². The van der Waals surface area contributed by atoms with Crippen molar-refractivity contribution in [1.82, 2.24) is 14.7 Å². The molecule has 8 nitrogen and oxygen atoms in total. The average molecular weight is 299 g/mol. The van der Waals surface area contributed by atoms with Crippen LogP contribution in [0.3, 0.4) is 0 Å². The molecule has 2 unspecified atom stereocenters. The number of carboxylic acids is 1. The molecule has 2 atom stereocenters. The van der Waals surface area contributed by atoms with Crippen LogP contribution in [0, 0.1) is 0 Å². The van der Waals surface area contributed by atoms with Crippen LogP contribution in [-0.4, -0.2) is 88.2 Å². The van der Waals surface area contributed by atoms with Crippen LogP contribution >= 0.6 is 0 Å². The van der Waals surface area contributed by atoms with Crippen LogP contribution in [-0.2, 0) is 9.59 Å². The standard InChI is InChI=1S/C13H21N3O5/c1-14(8-11(18)15-4-2-3-5-15)13(21)16-7-9(17)6-10(16)12(19)20/h9-10,17H,2-8H2,1H3,(H,19,20). The summed E-state index contributed by atoms with van der Waals surface area (Å²) in [6.45, 7) is 1.33. The Morgan fingerprint density at radius 1 is 1.24 bits per heavy atom. The van der Waals surface area contributed by atoms with Crippen LogP contribution in [0.5, 0.6) is 0 Å². The van der Waals surface area contributed by atoms with Crippen molar-refractivity contribution in [2.45, 2.75) is 31.4 Å². The summed E-state index contributed by atoms with van der Waals surface area (Å²) in [5.74, 6) is -1.27. The molecule has 2 saturated heterocycles.